The topological polar surface area (TPSA) is 58.6 Å². The molecule has 0 aliphatic carbocycles. The van der Waals surface area contributed by atoms with Gasteiger partial charge in [0.15, 0.2) is 0 Å². The van der Waals surface area contributed by atoms with Crippen molar-refractivity contribution >= 4 is 11.7 Å². The molecule has 1 aromatic carbocycles. The first-order chi connectivity index (χ1) is 13.3. The molecule has 28 heavy (non-hydrogen) atoms. The van der Waals surface area contributed by atoms with Crippen LogP contribution in [-0.2, 0) is 0 Å². The summed E-state index contributed by atoms with van der Waals surface area (Å²) < 4.78 is 28.8. The first-order valence-electron chi connectivity index (χ1n) is 9.28. The van der Waals surface area contributed by atoms with E-state index >= 15 is 0 Å². The molecule has 3 rings (SSSR count). The number of benzene rings is 1. The molecule has 1 amide bonds. The molecule has 1 saturated heterocycles. The number of amides is 1. The number of carbonyl (C=O) groups is 1. The normalized spacial score (nSPS) is 14.7. The minimum atomic E-state index is -2.88. The van der Waals surface area contributed by atoms with Crippen molar-refractivity contribution in [2.75, 3.05) is 31.1 Å². The van der Waals surface area contributed by atoms with E-state index in [1.165, 1.54) is 24.3 Å². The van der Waals surface area contributed by atoms with Crippen molar-refractivity contribution in [2.45, 2.75) is 33.3 Å². The van der Waals surface area contributed by atoms with Crippen LogP contribution in [0.2, 0.25) is 0 Å². The summed E-state index contributed by atoms with van der Waals surface area (Å²) in [5, 5.41) is 0. The van der Waals surface area contributed by atoms with Crippen molar-refractivity contribution in [3.05, 3.63) is 47.4 Å². The quantitative estimate of drug-likeness (QED) is 0.782. The molecule has 1 aliphatic heterocycles. The van der Waals surface area contributed by atoms with E-state index in [2.05, 4.69) is 33.5 Å². The van der Waals surface area contributed by atoms with E-state index in [9.17, 15) is 13.6 Å². The summed E-state index contributed by atoms with van der Waals surface area (Å²) in [6, 6.07) is 7.74. The van der Waals surface area contributed by atoms with Gasteiger partial charge in [-0.15, -0.1) is 0 Å². The molecule has 0 saturated carbocycles. The number of piperazine rings is 1. The molecule has 0 N–H and O–H groups in total. The zero-order valence-corrected chi connectivity index (χ0v) is 16.2. The highest BCUT2D eigenvalue weighted by atomic mass is 19.3. The van der Waals surface area contributed by atoms with Crippen molar-refractivity contribution in [3.8, 4) is 5.75 Å². The Kier molecular flexibility index (Phi) is 6.06. The fraction of sp³-hybridized carbons (Fsp3) is 0.450. The minimum Gasteiger partial charge on any atom is -0.435 e. The molecule has 2 aromatic rings. The number of carbonyl (C=O) groups excluding carboxylic acids is 1. The van der Waals surface area contributed by atoms with Gasteiger partial charge in [0.1, 0.15) is 17.4 Å². The van der Waals surface area contributed by atoms with Gasteiger partial charge < -0.3 is 14.5 Å². The number of aromatic nitrogens is 2. The van der Waals surface area contributed by atoms with Crippen LogP contribution in [0.3, 0.4) is 0 Å². The highest BCUT2D eigenvalue weighted by Crippen LogP contribution is 2.20. The number of hydrogen-bond donors (Lipinski definition) is 0. The molecule has 150 valence electrons. The van der Waals surface area contributed by atoms with Crippen LogP contribution in [-0.4, -0.2) is 53.6 Å². The molecule has 1 aliphatic rings. The van der Waals surface area contributed by atoms with Crippen LogP contribution >= 0.6 is 0 Å². The highest BCUT2D eigenvalue weighted by Gasteiger charge is 2.23. The van der Waals surface area contributed by atoms with Crippen molar-refractivity contribution in [1.29, 1.82) is 0 Å². The fourth-order valence-corrected chi connectivity index (χ4v) is 3.09. The summed E-state index contributed by atoms with van der Waals surface area (Å²) in [7, 11) is 0. The lowest BCUT2D eigenvalue weighted by molar-refractivity contribution is -0.0498. The Balaban J connectivity index is 1.63. The van der Waals surface area contributed by atoms with E-state index in [0.29, 0.717) is 31.7 Å². The second-order valence-corrected chi connectivity index (χ2v) is 7.06. The summed E-state index contributed by atoms with van der Waals surface area (Å²) in [5.74, 6) is 1.87. The number of ether oxygens (including phenoxy) is 1. The predicted molar refractivity (Wildman–Crippen MR) is 102 cm³/mol. The summed E-state index contributed by atoms with van der Waals surface area (Å²) in [6.45, 7) is 5.68. The van der Waals surface area contributed by atoms with E-state index in [4.69, 9.17) is 0 Å². The first-order valence-corrected chi connectivity index (χ1v) is 9.28. The van der Waals surface area contributed by atoms with Gasteiger partial charge in [-0.05, 0) is 31.2 Å². The van der Waals surface area contributed by atoms with Gasteiger partial charge in [0.25, 0.3) is 5.91 Å². The third-order valence-electron chi connectivity index (χ3n) is 4.59. The fourth-order valence-electron chi connectivity index (χ4n) is 3.09. The molecule has 1 fully saturated rings. The highest BCUT2D eigenvalue weighted by molar-refractivity contribution is 5.94. The number of rotatable bonds is 5. The van der Waals surface area contributed by atoms with Crippen molar-refractivity contribution in [1.82, 2.24) is 14.9 Å². The molecule has 8 heteroatoms. The number of alkyl halides is 2. The van der Waals surface area contributed by atoms with E-state index in [1.54, 1.807) is 4.90 Å². The molecular formula is C20H24F2N4O2. The number of nitrogens with zero attached hydrogens (tertiary/aromatic N) is 4. The maximum absolute atomic E-state index is 12.7. The van der Waals surface area contributed by atoms with Gasteiger partial charge in [-0.1, -0.05) is 13.8 Å². The Hall–Kier alpha value is -2.77. The Labute approximate surface area is 163 Å². The molecule has 2 heterocycles. The van der Waals surface area contributed by atoms with Crippen molar-refractivity contribution in [2.24, 2.45) is 0 Å². The van der Waals surface area contributed by atoms with Crippen LogP contribution in [0.25, 0.3) is 0 Å². The Bertz CT molecular complexity index is 819. The zero-order chi connectivity index (χ0) is 20.3. The van der Waals surface area contributed by atoms with Gasteiger partial charge in [-0.2, -0.15) is 8.78 Å². The lowest BCUT2D eigenvalue weighted by Crippen LogP contribution is -2.49. The summed E-state index contributed by atoms with van der Waals surface area (Å²) in [5.41, 5.74) is 1.38. The Morgan fingerprint density at radius 1 is 1.07 bits per heavy atom. The van der Waals surface area contributed by atoms with Crippen molar-refractivity contribution in [3.63, 3.8) is 0 Å². The Morgan fingerprint density at radius 3 is 2.29 bits per heavy atom. The molecule has 0 unspecified atom stereocenters. The predicted octanol–water partition coefficient (Wildman–Crippen LogP) is 3.47. The first kappa shape index (κ1) is 20.0. The van der Waals surface area contributed by atoms with Gasteiger partial charge >= 0.3 is 6.61 Å². The van der Waals surface area contributed by atoms with E-state index in [-0.39, 0.29) is 17.6 Å². The third kappa shape index (κ3) is 4.74. The average Bonchev–Trinajstić information content (AvgIpc) is 2.67. The lowest BCUT2D eigenvalue weighted by atomic mass is 10.1. The Morgan fingerprint density at radius 2 is 1.71 bits per heavy atom. The van der Waals surface area contributed by atoms with Crippen LogP contribution in [0.15, 0.2) is 30.3 Å². The molecule has 0 radical (unpaired) electrons. The van der Waals surface area contributed by atoms with Crippen LogP contribution in [0, 0.1) is 6.92 Å². The van der Waals surface area contributed by atoms with Crippen LogP contribution in [0.5, 0.6) is 5.75 Å². The molecule has 0 bridgehead atoms. The molecule has 0 spiro atoms. The number of aryl methyl sites for hydroxylation is 1. The second-order valence-electron chi connectivity index (χ2n) is 7.06. The second kappa shape index (κ2) is 8.50. The van der Waals surface area contributed by atoms with Crippen LogP contribution < -0.4 is 9.64 Å². The summed E-state index contributed by atoms with van der Waals surface area (Å²) in [4.78, 5) is 25.7. The number of anilines is 1. The lowest BCUT2D eigenvalue weighted by Gasteiger charge is -2.35. The number of hydrogen-bond acceptors (Lipinski definition) is 5. The molecule has 1 aromatic heterocycles. The van der Waals surface area contributed by atoms with Gasteiger partial charge in [-0.25, -0.2) is 9.97 Å². The smallest absolute Gasteiger partial charge is 0.387 e. The third-order valence-corrected chi connectivity index (χ3v) is 4.59. The largest absolute Gasteiger partial charge is 0.435 e. The monoisotopic (exact) mass is 390 g/mol. The molecular weight excluding hydrogens is 366 g/mol. The maximum Gasteiger partial charge on any atom is 0.387 e. The number of halogens is 2. The van der Waals surface area contributed by atoms with Gasteiger partial charge in [0.2, 0.25) is 0 Å². The zero-order valence-electron chi connectivity index (χ0n) is 16.2. The van der Waals surface area contributed by atoms with Gasteiger partial charge in [-0.3, -0.25) is 4.79 Å². The molecule has 6 nitrogen and oxygen atoms in total. The van der Waals surface area contributed by atoms with Crippen LogP contribution in [0.4, 0.5) is 14.6 Å². The molecule has 0 atom stereocenters. The van der Waals surface area contributed by atoms with Crippen molar-refractivity contribution < 1.29 is 18.3 Å². The summed E-state index contributed by atoms with van der Waals surface area (Å²) in [6.07, 6.45) is 0. The summed E-state index contributed by atoms with van der Waals surface area (Å²) >= 11 is 0. The minimum absolute atomic E-state index is 0.0384. The van der Waals surface area contributed by atoms with E-state index in [0.717, 1.165) is 17.3 Å². The average molecular weight is 390 g/mol. The van der Waals surface area contributed by atoms with E-state index < -0.39 is 6.61 Å². The SMILES string of the molecule is Cc1cc(N2CCN(C(=O)c3ccc(OC(F)F)cc3)CC2)nc(C(C)C)n1. The standard InChI is InChI=1S/C20H24F2N4O2/c1-13(2)18-23-14(3)12-17(24-18)25-8-10-26(11-9-25)19(27)15-4-6-16(7-5-15)28-20(21)22/h4-7,12-13,20H,8-11H2,1-3H3. The van der Waals surface area contributed by atoms with Gasteiger partial charge in [0.05, 0.1) is 0 Å². The maximum atomic E-state index is 12.7. The van der Waals surface area contributed by atoms with Crippen LogP contribution in [0.1, 0.15) is 41.6 Å². The van der Waals surface area contributed by atoms with E-state index in [1.807, 2.05) is 13.0 Å². The van der Waals surface area contributed by atoms with Gasteiger partial charge in [0, 0.05) is 49.4 Å².